The number of ether oxygens (including phenoxy) is 1. The largest absolute Gasteiger partial charge is 0.457 e. The molecule has 3 aromatic carbocycles. The van der Waals surface area contributed by atoms with Crippen molar-refractivity contribution in [2.45, 2.75) is 19.8 Å². The Labute approximate surface area is 213 Å². The van der Waals surface area contributed by atoms with E-state index >= 15 is 0 Å². The number of fused-ring (bicyclic) bond motifs is 2. The Kier molecular flexibility index (Phi) is 6.05. The van der Waals surface area contributed by atoms with Crippen LogP contribution in [0.4, 0.5) is 5.13 Å². The van der Waals surface area contributed by atoms with E-state index in [1.165, 1.54) is 11.3 Å². The molecule has 0 saturated heterocycles. The van der Waals surface area contributed by atoms with Gasteiger partial charge in [0.05, 0.1) is 5.41 Å². The Morgan fingerprint density at radius 1 is 0.944 bits per heavy atom. The maximum Gasteiger partial charge on any atom is 0.253 e. The first-order chi connectivity index (χ1) is 17.3. The molecule has 1 aromatic heterocycles. The lowest BCUT2D eigenvalue weighted by atomic mass is 9.69. The summed E-state index contributed by atoms with van der Waals surface area (Å²) in [5.74, 6) is 1.03. The van der Waals surface area contributed by atoms with E-state index in [1.807, 2.05) is 80.6 Å². The van der Waals surface area contributed by atoms with Crippen molar-refractivity contribution in [3.8, 4) is 22.6 Å². The number of benzene rings is 3. The van der Waals surface area contributed by atoms with E-state index in [1.54, 1.807) is 24.5 Å². The Morgan fingerprint density at radius 2 is 1.64 bits per heavy atom. The lowest BCUT2D eigenvalue weighted by molar-refractivity contribution is -0.124. The van der Waals surface area contributed by atoms with Crippen molar-refractivity contribution in [1.29, 1.82) is 0 Å². The van der Waals surface area contributed by atoms with Crippen LogP contribution in [-0.2, 0) is 4.79 Å². The summed E-state index contributed by atoms with van der Waals surface area (Å²) >= 11 is 1.29. The fraction of sp³-hybridized carbons (Fsp3) is 0.214. The van der Waals surface area contributed by atoms with Gasteiger partial charge in [-0.05, 0) is 35.4 Å². The van der Waals surface area contributed by atoms with Crippen LogP contribution in [0, 0.1) is 5.41 Å². The second kappa shape index (κ2) is 9.20. The number of carbonyl (C=O) groups is 2. The van der Waals surface area contributed by atoms with Gasteiger partial charge in [-0.15, -0.1) is 10.2 Å². The highest BCUT2D eigenvalue weighted by Gasteiger charge is 2.43. The average molecular weight is 499 g/mol. The molecule has 1 unspecified atom stereocenters. The highest BCUT2D eigenvalue weighted by atomic mass is 32.1. The van der Waals surface area contributed by atoms with Crippen LogP contribution in [0.1, 0.15) is 41.3 Å². The predicted molar refractivity (Wildman–Crippen MR) is 141 cm³/mol. The van der Waals surface area contributed by atoms with Crippen LogP contribution in [0.15, 0.2) is 72.2 Å². The maximum atomic E-state index is 13.4. The third-order valence-electron chi connectivity index (χ3n) is 6.53. The summed E-state index contributed by atoms with van der Waals surface area (Å²) in [6.07, 6.45) is 0. The number of hydrogen-bond donors (Lipinski definition) is 1. The molecule has 2 heterocycles. The van der Waals surface area contributed by atoms with Gasteiger partial charge in [-0.3, -0.25) is 9.59 Å². The smallest absolute Gasteiger partial charge is 0.253 e. The molecule has 8 heteroatoms. The minimum absolute atomic E-state index is 0.0381. The molecule has 0 fully saturated rings. The van der Waals surface area contributed by atoms with Crippen molar-refractivity contribution >= 4 is 28.3 Å². The van der Waals surface area contributed by atoms with Crippen molar-refractivity contribution in [2.75, 3.05) is 19.4 Å². The van der Waals surface area contributed by atoms with Gasteiger partial charge in [-0.25, -0.2) is 0 Å². The summed E-state index contributed by atoms with van der Waals surface area (Å²) in [6, 6.07) is 21.4. The van der Waals surface area contributed by atoms with E-state index in [4.69, 9.17) is 4.74 Å². The van der Waals surface area contributed by atoms with Gasteiger partial charge in [0.2, 0.25) is 11.0 Å². The molecule has 4 aromatic rings. The molecular weight excluding hydrogens is 472 g/mol. The summed E-state index contributed by atoms with van der Waals surface area (Å²) in [4.78, 5) is 27.2. The van der Waals surface area contributed by atoms with Crippen molar-refractivity contribution < 1.29 is 14.3 Å². The molecule has 0 radical (unpaired) electrons. The van der Waals surface area contributed by atoms with Crippen molar-refractivity contribution in [1.82, 2.24) is 15.1 Å². The van der Waals surface area contributed by atoms with Gasteiger partial charge in [-0.2, -0.15) is 0 Å². The van der Waals surface area contributed by atoms with E-state index in [0.29, 0.717) is 16.4 Å². The van der Waals surface area contributed by atoms with Gasteiger partial charge in [0.15, 0.2) is 0 Å². The van der Waals surface area contributed by atoms with Crippen molar-refractivity contribution in [3.05, 3.63) is 88.9 Å². The number of amides is 2. The topological polar surface area (TPSA) is 84.4 Å². The highest BCUT2D eigenvalue weighted by molar-refractivity contribution is 7.13. The lowest BCUT2D eigenvalue weighted by Crippen LogP contribution is -2.38. The monoisotopic (exact) mass is 498 g/mol. The van der Waals surface area contributed by atoms with Gasteiger partial charge >= 0.3 is 0 Å². The highest BCUT2D eigenvalue weighted by Crippen LogP contribution is 2.52. The molecule has 36 heavy (non-hydrogen) atoms. The fourth-order valence-corrected chi connectivity index (χ4v) is 5.04. The minimum atomic E-state index is -0.810. The van der Waals surface area contributed by atoms with E-state index in [0.717, 1.165) is 28.0 Å². The number of nitrogens with zero attached hydrogens (tertiary/aromatic N) is 3. The van der Waals surface area contributed by atoms with Crippen LogP contribution in [0.5, 0.6) is 11.5 Å². The molecule has 0 aliphatic carbocycles. The molecular formula is C28H26N4O3S. The second-order valence-electron chi connectivity index (χ2n) is 9.52. The molecule has 0 saturated carbocycles. The SMILES string of the molecule is CN(C)C(=O)c1ccc(-c2ccc3c(c2)Oc2ccccc2C3C(C)(C)C(=O)Nc2nncs2)cc1. The van der Waals surface area contributed by atoms with Crippen LogP contribution in [0.25, 0.3) is 11.1 Å². The van der Waals surface area contributed by atoms with E-state index in [-0.39, 0.29) is 17.7 Å². The molecule has 1 N–H and O–H groups in total. The zero-order valence-corrected chi connectivity index (χ0v) is 21.3. The van der Waals surface area contributed by atoms with E-state index in [9.17, 15) is 9.59 Å². The summed E-state index contributed by atoms with van der Waals surface area (Å²) in [5.41, 5.74) is 5.25. The van der Waals surface area contributed by atoms with Gasteiger partial charge < -0.3 is 15.0 Å². The van der Waals surface area contributed by atoms with E-state index in [2.05, 4.69) is 15.5 Å². The molecule has 5 rings (SSSR count). The quantitative estimate of drug-likeness (QED) is 0.375. The predicted octanol–water partition coefficient (Wildman–Crippen LogP) is 5.81. The summed E-state index contributed by atoms with van der Waals surface area (Å²) in [5, 5.41) is 11.2. The Morgan fingerprint density at radius 3 is 2.33 bits per heavy atom. The average Bonchev–Trinajstić information content (AvgIpc) is 3.39. The first kappa shape index (κ1) is 23.7. The molecule has 7 nitrogen and oxygen atoms in total. The Balaban J connectivity index is 1.53. The molecule has 182 valence electrons. The number of nitrogens with one attached hydrogen (secondary N) is 1. The van der Waals surface area contributed by atoms with Crippen LogP contribution in [-0.4, -0.2) is 41.0 Å². The van der Waals surface area contributed by atoms with Gasteiger partial charge in [-0.1, -0.05) is 67.6 Å². The number of carbonyl (C=O) groups excluding carboxylic acids is 2. The molecule has 1 atom stereocenters. The van der Waals surface area contributed by atoms with Crippen LogP contribution in [0.2, 0.25) is 0 Å². The number of anilines is 1. The number of hydrogen-bond acceptors (Lipinski definition) is 6. The molecule has 0 bridgehead atoms. The van der Waals surface area contributed by atoms with Gasteiger partial charge in [0.25, 0.3) is 5.91 Å². The minimum Gasteiger partial charge on any atom is -0.457 e. The fourth-order valence-electron chi connectivity index (χ4n) is 4.60. The number of aromatic nitrogens is 2. The van der Waals surface area contributed by atoms with Gasteiger partial charge in [0.1, 0.15) is 17.0 Å². The summed E-state index contributed by atoms with van der Waals surface area (Å²) < 4.78 is 6.33. The third kappa shape index (κ3) is 4.24. The second-order valence-corrected chi connectivity index (χ2v) is 10.4. The van der Waals surface area contributed by atoms with Crippen LogP contribution in [0.3, 0.4) is 0 Å². The summed E-state index contributed by atoms with van der Waals surface area (Å²) in [6.45, 7) is 3.88. The molecule has 0 spiro atoms. The third-order valence-corrected chi connectivity index (χ3v) is 7.14. The number of rotatable bonds is 5. The van der Waals surface area contributed by atoms with Crippen molar-refractivity contribution in [2.24, 2.45) is 5.41 Å². The normalized spacial score (nSPS) is 14.3. The molecule has 1 aliphatic heterocycles. The summed E-state index contributed by atoms with van der Waals surface area (Å²) in [7, 11) is 3.47. The molecule has 2 amide bonds. The Hall–Kier alpha value is -4.04. The zero-order valence-electron chi connectivity index (χ0n) is 20.5. The standard InChI is InChI=1S/C28H26N4O3S/c1-28(2,26(34)30-27-31-29-16-36-27)24-20-7-5-6-8-22(20)35-23-15-19(13-14-21(23)24)17-9-11-18(12-10-17)25(33)32(3)4/h5-16,24H,1-4H3,(H,30,31,34). The first-order valence-corrected chi connectivity index (χ1v) is 12.4. The lowest BCUT2D eigenvalue weighted by Gasteiger charge is -2.38. The van der Waals surface area contributed by atoms with Crippen LogP contribution < -0.4 is 10.1 Å². The maximum absolute atomic E-state index is 13.4. The van der Waals surface area contributed by atoms with E-state index < -0.39 is 5.41 Å². The zero-order chi connectivity index (χ0) is 25.4. The molecule has 1 aliphatic rings. The Bertz CT molecular complexity index is 1430. The first-order valence-electron chi connectivity index (χ1n) is 11.6. The number of para-hydroxylation sites is 1. The van der Waals surface area contributed by atoms with Crippen molar-refractivity contribution in [3.63, 3.8) is 0 Å². The van der Waals surface area contributed by atoms with Crippen LogP contribution >= 0.6 is 11.3 Å². The van der Waals surface area contributed by atoms with Gasteiger partial charge in [0, 0.05) is 36.7 Å².